The molecule has 0 aliphatic rings. The van der Waals surface area contributed by atoms with Crippen LogP contribution in [-0.4, -0.2) is 23.7 Å². The van der Waals surface area contributed by atoms with Crippen molar-refractivity contribution in [1.82, 2.24) is 10.4 Å². The van der Waals surface area contributed by atoms with Crippen molar-refractivity contribution < 1.29 is 9.53 Å². The van der Waals surface area contributed by atoms with Gasteiger partial charge < -0.3 is 4.74 Å². The van der Waals surface area contributed by atoms with E-state index in [0.717, 1.165) is 17.1 Å². The third-order valence-corrected chi connectivity index (χ3v) is 3.52. The van der Waals surface area contributed by atoms with Crippen molar-refractivity contribution in [2.24, 2.45) is 5.10 Å². The molecule has 1 amide bonds. The van der Waals surface area contributed by atoms with E-state index >= 15 is 0 Å². The van der Waals surface area contributed by atoms with Crippen LogP contribution in [0.1, 0.15) is 23.2 Å². The lowest BCUT2D eigenvalue weighted by Crippen LogP contribution is -2.24. The zero-order valence-electron chi connectivity index (χ0n) is 12.0. The van der Waals surface area contributed by atoms with Gasteiger partial charge in [-0.25, -0.2) is 10.4 Å². The first-order valence-electron chi connectivity index (χ1n) is 6.63. The molecule has 5 nitrogen and oxygen atoms in total. The van der Waals surface area contributed by atoms with Gasteiger partial charge in [0.2, 0.25) is 0 Å². The molecule has 0 saturated heterocycles. The van der Waals surface area contributed by atoms with Gasteiger partial charge in [-0.1, -0.05) is 19.1 Å². The van der Waals surface area contributed by atoms with Gasteiger partial charge in [0.1, 0.15) is 5.75 Å². The van der Waals surface area contributed by atoms with Gasteiger partial charge in [-0.3, -0.25) is 4.79 Å². The molecule has 0 bridgehead atoms. The van der Waals surface area contributed by atoms with E-state index in [0.29, 0.717) is 5.75 Å². The monoisotopic (exact) mass is 303 g/mol. The van der Waals surface area contributed by atoms with E-state index in [1.807, 2.05) is 36.6 Å². The van der Waals surface area contributed by atoms with Gasteiger partial charge in [-0.15, -0.1) is 11.3 Å². The number of hydrazone groups is 1. The quantitative estimate of drug-likeness (QED) is 0.659. The van der Waals surface area contributed by atoms with E-state index in [1.165, 1.54) is 23.1 Å². The number of amides is 1. The summed E-state index contributed by atoms with van der Waals surface area (Å²) >= 11 is 1.53. The van der Waals surface area contributed by atoms with E-state index in [9.17, 15) is 4.79 Å². The van der Waals surface area contributed by atoms with E-state index in [-0.39, 0.29) is 12.5 Å². The number of aromatic nitrogens is 1. The fourth-order valence-corrected chi connectivity index (χ4v) is 2.18. The van der Waals surface area contributed by atoms with Crippen LogP contribution in [0.4, 0.5) is 0 Å². The van der Waals surface area contributed by atoms with Crippen molar-refractivity contribution in [3.63, 3.8) is 0 Å². The Labute approximate surface area is 127 Å². The largest absolute Gasteiger partial charge is 0.484 e. The first kappa shape index (κ1) is 15.2. The number of ether oxygens (including phenoxy) is 1. The zero-order valence-corrected chi connectivity index (χ0v) is 12.8. The van der Waals surface area contributed by atoms with Crippen molar-refractivity contribution >= 4 is 23.5 Å². The number of rotatable bonds is 6. The lowest BCUT2D eigenvalue weighted by atomic mass is 10.2. The second kappa shape index (κ2) is 7.54. The average molecular weight is 303 g/mol. The Morgan fingerprint density at radius 1 is 1.43 bits per heavy atom. The summed E-state index contributed by atoms with van der Waals surface area (Å²) in [6.45, 7) is 3.93. The summed E-state index contributed by atoms with van der Waals surface area (Å²) in [4.78, 5) is 15.8. The van der Waals surface area contributed by atoms with Gasteiger partial charge in [0.05, 0.1) is 16.9 Å². The van der Waals surface area contributed by atoms with Crippen LogP contribution in [-0.2, 0) is 11.2 Å². The molecule has 0 atom stereocenters. The molecule has 6 heteroatoms. The summed E-state index contributed by atoms with van der Waals surface area (Å²) in [5.74, 6) is 0.360. The number of benzene rings is 1. The van der Waals surface area contributed by atoms with Crippen molar-refractivity contribution in [2.45, 2.75) is 20.3 Å². The molecular weight excluding hydrogens is 286 g/mol. The standard InChI is InChI=1S/C15H17N3O2S/c1-3-12-4-6-14(7-5-12)20-9-15(19)18-16-8-13-10-21-11(2)17-13/h4-8,10H,3,9H2,1-2H3,(H,18,19)/b16-8-. The molecule has 1 heterocycles. The highest BCUT2D eigenvalue weighted by Crippen LogP contribution is 2.12. The molecule has 0 aliphatic carbocycles. The molecule has 1 N–H and O–H groups in total. The molecular formula is C15H17N3O2S. The highest BCUT2D eigenvalue weighted by atomic mass is 32.1. The first-order valence-corrected chi connectivity index (χ1v) is 7.51. The number of carbonyl (C=O) groups is 1. The Bertz CT molecular complexity index is 620. The Morgan fingerprint density at radius 2 is 2.19 bits per heavy atom. The van der Waals surface area contributed by atoms with Gasteiger partial charge in [0.25, 0.3) is 5.91 Å². The van der Waals surface area contributed by atoms with Crippen molar-refractivity contribution in [3.8, 4) is 5.75 Å². The molecule has 2 rings (SSSR count). The minimum Gasteiger partial charge on any atom is -0.484 e. The highest BCUT2D eigenvalue weighted by molar-refractivity contribution is 7.09. The van der Waals surface area contributed by atoms with E-state index in [1.54, 1.807) is 0 Å². The SMILES string of the molecule is CCc1ccc(OCC(=O)N/N=C\c2csc(C)n2)cc1. The summed E-state index contributed by atoms with van der Waals surface area (Å²) in [7, 11) is 0. The lowest BCUT2D eigenvalue weighted by molar-refractivity contribution is -0.123. The second-order valence-electron chi connectivity index (χ2n) is 4.37. The smallest absolute Gasteiger partial charge is 0.277 e. The maximum Gasteiger partial charge on any atom is 0.277 e. The van der Waals surface area contributed by atoms with Gasteiger partial charge in [0.15, 0.2) is 6.61 Å². The van der Waals surface area contributed by atoms with Crippen LogP contribution in [0.15, 0.2) is 34.7 Å². The van der Waals surface area contributed by atoms with E-state index < -0.39 is 0 Å². The van der Waals surface area contributed by atoms with Crippen LogP contribution >= 0.6 is 11.3 Å². The average Bonchev–Trinajstić information content (AvgIpc) is 2.91. The topological polar surface area (TPSA) is 63.6 Å². The maximum absolute atomic E-state index is 11.6. The van der Waals surface area contributed by atoms with Crippen LogP contribution in [0.5, 0.6) is 5.75 Å². The predicted octanol–water partition coefficient (Wildman–Crippen LogP) is 2.54. The third-order valence-electron chi connectivity index (χ3n) is 2.72. The molecule has 110 valence electrons. The number of aryl methyl sites for hydroxylation is 2. The van der Waals surface area contributed by atoms with Crippen molar-refractivity contribution in [1.29, 1.82) is 0 Å². The van der Waals surface area contributed by atoms with Gasteiger partial charge in [0, 0.05) is 5.38 Å². The Kier molecular flexibility index (Phi) is 5.45. The Balaban J connectivity index is 1.75. The molecule has 2 aromatic rings. The molecule has 0 spiro atoms. The van der Waals surface area contributed by atoms with Crippen LogP contribution in [0.3, 0.4) is 0 Å². The number of carbonyl (C=O) groups excluding carboxylic acids is 1. The van der Waals surface area contributed by atoms with E-state index in [2.05, 4.69) is 22.4 Å². The third kappa shape index (κ3) is 5.00. The lowest BCUT2D eigenvalue weighted by Gasteiger charge is -2.05. The number of hydrogen-bond donors (Lipinski definition) is 1. The normalized spacial score (nSPS) is 10.8. The first-order chi connectivity index (χ1) is 10.2. The summed E-state index contributed by atoms with van der Waals surface area (Å²) in [6.07, 6.45) is 2.49. The van der Waals surface area contributed by atoms with Gasteiger partial charge in [-0.2, -0.15) is 5.10 Å². The number of nitrogens with one attached hydrogen (secondary N) is 1. The molecule has 1 aromatic carbocycles. The Hall–Kier alpha value is -2.21. The van der Waals surface area contributed by atoms with Crippen molar-refractivity contribution in [3.05, 3.63) is 45.9 Å². The molecule has 1 aromatic heterocycles. The molecule has 0 fully saturated rings. The maximum atomic E-state index is 11.6. The Morgan fingerprint density at radius 3 is 2.81 bits per heavy atom. The molecule has 0 unspecified atom stereocenters. The summed E-state index contributed by atoms with van der Waals surface area (Å²) in [6, 6.07) is 7.67. The van der Waals surface area contributed by atoms with Crippen molar-refractivity contribution in [2.75, 3.05) is 6.61 Å². The fraction of sp³-hybridized carbons (Fsp3) is 0.267. The minimum atomic E-state index is -0.308. The summed E-state index contributed by atoms with van der Waals surface area (Å²) in [5.41, 5.74) is 4.37. The molecule has 21 heavy (non-hydrogen) atoms. The zero-order chi connectivity index (χ0) is 15.1. The molecule has 0 aliphatic heterocycles. The van der Waals surface area contributed by atoms with Crippen LogP contribution in [0.2, 0.25) is 0 Å². The van der Waals surface area contributed by atoms with Gasteiger partial charge in [-0.05, 0) is 31.0 Å². The minimum absolute atomic E-state index is 0.0705. The predicted molar refractivity (Wildman–Crippen MR) is 83.9 cm³/mol. The van der Waals surface area contributed by atoms with Crippen LogP contribution in [0.25, 0.3) is 0 Å². The van der Waals surface area contributed by atoms with Crippen LogP contribution in [0, 0.1) is 6.92 Å². The van der Waals surface area contributed by atoms with Crippen LogP contribution < -0.4 is 10.2 Å². The number of thiazole rings is 1. The second-order valence-corrected chi connectivity index (χ2v) is 5.43. The summed E-state index contributed by atoms with van der Waals surface area (Å²) < 4.78 is 5.37. The van der Waals surface area contributed by atoms with Gasteiger partial charge >= 0.3 is 0 Å². The number of hydrogen-bond acceptors (Lipinski definition) is 5. The highest BCUT2D eigenvalue weighted by Gasteiger charge is 2.01. The van der Waals surface area contributed by atoms with E-state index in [4.69, 9.17) is 4.74 Å². The number of nitrogens with zero attached hydrogens (tertiary/aromatic N) is 2. The summed E-state index contributed by atoms with van der Waals surface area (Å²) in [5, 5.41) is 6.67. The fourth-order valence-electron chi connectivity index (χ4n) is 1.61. The molecule has 0 saturated carbocycles. The molecule has 0 radical (unpaired) electrons.